The minimum absolute atomic E-state index is 0.629. The van der Waals surface area contributed by atoms with Crippen LogP contribution in [0.15, 0.2) is 6.33 Å². The normalized spacial score (nSPS) is 14.8. The van der Waals surface area contributed by atoms with Gasteiger partial charge in [0.05, 0.1) is 0 Å². The number of rotatable bonds is 7. The summed E-state index contributed by atoms with van der Waals surface area (Å²) < 4.78 is 0. The first-order valence-corrected chi connectivity index (χ1v) is 7.41. The lowest BCUT2D eigenvalue weighted by molar-refractivity contribution is 0.697. The fraction of sp³-hybridized carbons (Fsp3) is 0.714. The minimum atomic E-state index is 0.629. The first-order valence-electron chi connectivity index (χ1n) is 7.03. The van der Waals surface area contributed by atoms with Gasteiger partial charge >= 0.3 is 0 Å². The van der Waals surface area contributed by atoms with Crippen molar-refractivity contribution in [1.82, 2.24) is 9.97 Å². The minimum Gasteiger partial charge on any atom is -0.353 e. The van der Waals surface area contributed by atoms with Crippen LogP contribution in [0.5, 0.6) is 0 Å². The Morgan fingerprint density at radius 3 is 2.67 bits per heavy atom. The molecule has 0 unspecified atom stereocenters. The summed E-state index contributed by atoms with van der Waals surface area (Å²) in [4.78, 5) is 11.1. The van der Waals surface area contributed by atoms with Gasteiger partial charge in [-0.3, -0.25) is 0 Å². The molecule has 18 heavy (non-hydrogen) atoms. The Labute approximate surface area is 115 Å². The summed E-state index contributed by atoms with van der Waals surface area (Å²) >= 11 is 6.23. The van der Waals surface area contributed by atoms with Crippen LogP contribution in [0.4, 0.5) is 5.82 Å². The molecule has 0 spiro atoms. The van der Waals surface area contributed by atoms with E-state index in [2.05, 4.69) is 28.7 Å². The van der Waals surface area contributed by atoms with Gasteiger partial charge in [-0.1, -0.05) is 38.3 Å². The molecule has 100 valence electrons. The van der Waals surface area contributed by atoms with Gasteiger partial charge < -0.3 is 4.90 Å². The maximum Gasteiger partial charge on any atom is 0.137 e. The maximum absolute atomic E-state index is 6.23. The fourth-order valence-electron chi connectivity index (χ4n) is 2.27. The Kier molecular flexibility index (Phi) is 4.81. The van der Waals surface area contributed by atoms with Crippen molar-refractivity contribution in [3.05, 3.63) is 17.0 Å². The number of anilines is 1. The molecular weight excluding hydrogens is 246 g/mol. The van der Waals surface area contributed by atoms with Crippen LogP contribution < -0.4 is 4.90 Å². The van der Waals surface area contributed by atoms with Gasteiger partial charge in [-0.15, -0.1) is 0 Å². The third-order valence-electron chi connectivity index (χ3n) is 3.38. The van der Waals surface area contributed by atoms with Crippen molar-refractivity contribution in [2.75, 3.05) is 11.4 Å². The molecule has 4 heteroatoms. The van der Waals surface area contributed by atoms with Gasteiger partial charge in [-0.25, -0.2) is 9.97 Å². The van der Waals surface area contributed by atoms with E-state index in [0.29, 0.717) is 11.2 Å². The Hall–Kier alpha value is -0.830. The maximum atomic E-state index is 6.23. The average molecular weight is 268 g/mol. The van der Waals surface area contributed by atoms with E-state index in [9.17, 15) is 0 Å². The van der Waals surface area contributed by atoms with E-state index in [1.165, 1.54) is 25.7 Å². The van der Waals surface area contributed by atoms with Crippen molar-refractivity contribution in [3.63, 3.8) is 0 Å². The molecule has 1 fully saturated rings. The zero-order chi connectivity index (χ0) is 13.0. The molecule has 2 rings (SSSR count). The molecule has 1 aromatic heterocycles. The van der Waals surface area contributed by atoms with Crippen LogP contribution in [0.3, 0.4) is 0 Å². The second-order valence-electron chi connectivity index (χ2n) is 4.99. The second kappa shape index (κ2) is 6.37. The molecule has 0 radical (unpaired) electrons. The molecule has 0 amide bonds. The van der Waals surface area contributed by atoms with E-state index in [0.717, 1.165) is 30.8 Å². The predicted octanol–water partition coefficient (Wildman–Crippen LogP) is 3.85. The lowest BCUT2D eigenvalue weighted by Crippen LogP contribution is -2.29. The number of aromatic nitrogens is 2. The first kappa shape index (κ1) is 13.6. The molecule has 0 aliphatic heterocycles. The standard InChI is InChI=1S/C14H22ClN3/c1-3-5-9-18(11-7-8-11)14-12(6-4-2)13(15)16-10-17-14/h10-11H,3-9H2,1-2H3. The van der Waals surface area contributed by atoms with Crippen molar-refractivity contribution in [3.8, 4) is 0 Å². The quantitative estimate of drug-likeness (QED) is 0.703. The van der Waals surface area contributed by atoms with Crippen LogP contribution in [-0.2, 0) is 6.42 Å². The SMILES string of the molecule is CCCCN(c1ncnc(Cl)c1CCC)C1CC1. The molecular formula is C14H22ClN3. The lowest BCUT2D eigenvalue weighted by Gasteiger charge is -2.25. The van der Waals surface area contributed by atoms with Gasteiger partial charge in [-0.2, -0.15) is 0 Å². The molecule has 0 aromatic carbocycles. The molecule has 1 aromatic rings. The molecule has 0 saturated heterocycles. The number of halogens is 1. The smallest absolute Gasteiger partial charge is 0.137 e. The fourth-order valence-corrected chi connectivity index (χ4v) is 2.49. The van der Waals surface area contributed by atoms with E-state index in [1.54, 1.807) is 6.33 Å². The van der Waals surface area contributed by atoms with Crippen LogP contribution in [0.2, 0.25) is 5.15 Å². The largest absolute Gasteiger partial charge is 0.353 e. The third kappa shape index (κ3) is 3.14. The van der Waals surface area contributed by atoms with Gasteiger partial charge in [-0.05, 0) is 25.7 Å². The summed E-state index contributed by atoms with van der Waals surface area (Å²) in [5, 5.41) is 0.629. The van der Waals surface area contributed by atoms with Gasteiger partial charge in [0.2, 0.25) is 0 Å². The Balaban J connectivity index is 2.25. The molecule has 1 aliphatic rings. The zero-order valence-corrected chi connectivity index (χ0v) is 12.1. The van der Waals surface area contributed by atoms with Crippen molar-refractivity contribution in [2.24, 2.45) is 0 Å². The van der Waals surface area contributed by atoms with Gasteiger partial charge in [0, 0.05) is 18.2 Å². The first-order chi connectivity index (χ1) is 8.77. The van der Waals surface area contributed by atoms with Crippen LogP contribution in [-0.4, -0.2) is 22.6 Å². The second-order valence-corrected chi connectivity index (χ2v) is 5.35. The highest BCUT2D eigenvalue weighted by Gasteiger charge is 2.31. The lowest BCUT2D eigenvalue weighted by atomic mass is 10.1. The van der Waals surface area contributed by atoms with Crippen LogP contribution in [0.25, 0.3) is 0 Å². The van der Waals surface area contributed by atoms with E-state index in [1.807, 2.05) is 0 Å². The number of hydrogen-bond acceptors (Lipinski definition) is 3. The van der Waals surface area contributed by atoms with Crippen LogP contribution in [0, 0.1) is 0 Å². The highest BCUT2D eigenvalue weighted by molar-refractivity contribution is 6.30. The summed E-state index contributed by atoms with van der Waals surface area (Å²) in [6.45, 7) is 5.48. The number of unbranched alkanes of at least 4 members (excludes halogenated alkanes) is 1. The molecule has 0 N–H and O–H groups in total. The van der Waals surface area contributed by atoms with E-state index >= 15 is 0 Å². The predicted molar refractivity (Wildman–Crippen MR) is 76.3 cm³/mol. The van der Waals surface area contributed by atoms with E-state index in [-0.39, 0.29) is 0 Å². The molecule has 1 saturated carbocycles. The summed E-state index contributed by atoms with van der Waals surface area (Å²) in [5.74, 6) is 1.08. The monoisotopic (exact) mass is 267 g/mol. The molecule has 3 nitrogen and oxygen atoms in total. The molecule has 1 heterocycles. The Bertz CT molecular complexity index is 391. The van der Waals surface area contributed by atoms with Gasteiger partial charge in [0.25, 0.3) is 0 Å². The van der Waals surface area contributed by atoms with Gasteiger partial charge in [0.1, 0.15) is 17.3 Å². The van der Waals surface area contributed by atoms with Crippen molar-refractivity contribution in [2.45, 2.75) is 58.4 Å². The topological polar surface area (TPSA) is 29.0 Å². The summed E-state index contributed by atoms with van der Waals surface area (Å²) in [6, 6.07) is 0.679. The average Bonchev–Trinajstić information content (AvgIpc) is 3.18. The van der Waals surface area contributed by atoms with Crippen molar-refractivity contribution < 1.29 is 0 Å². The molecule has 0 bridgehead atoms. The zero-order valence-electron chi connectivity index (χ0n) is 11.3. The summed E-state index contributed by atoms with van der Waals surface area (Å²) in [5.41, 5.74) is 1.13. The molecule has 1 aliphatic carbocycles. The Morgan fingerprint density at radius 2 is 2.06 bits per heavy atom. The van der Waals surface area contributed by atoms with Crippen molar-refractivity contribution in [1.29, 1.82) is 0 Å². The summed E-state index contributed by atoms with van der Waals surface area (Å²) in [7, 11) is 0. The van der Waals surface area contributed by atoms with Crippen LogP contribution in [0.1, 0.15) is 51.5 Å². The van der Waals surface area contributed by atoms with Gasteiger partial charge in [0.15, 0.2) is 0 Å². The number of hydrogen-bond donors (Lipinski definition) is 0. The third-order valence-corrected chi connectivity index (χ3v) is 3.71. The highest BCUT2D eigenvalue weighted by atomic mass is 35.5. The van der Waals surface area contributed by atoms with Crippen molar-refractivity contribution >= 4 is 17.4 Å². The summed E-state index contributed by atoms with van der Waals surface area (Å²) in [6.07, 6.45) is 8.64. The van der Waals surface area contributed by atoms with Crippen LogP contribution >= 0.6 is 11.6 Å². The van der Waals surface area contributed by atoms with E-state index < -0.39 is 0 Å². The van der Waals surface area contributed by atoms with E-state index in [4.69, 9.17) is 11.6 Å². The Morgan fingerprint density at radius 1 is 1.28 bits per heavy atom. The number of nitrogens with zero attached hydrogens (tertiary/aromatic N) is 3. The highest BCUT2D eigenvalue weighted by Crippen LogP contribution is 2.34. The molecule has 0 atom stereocenters.